The van der Waals surface area contributed by atoms with Crippen molar-refractivity contribution in [2.45, 2.75) is 26.4 Å². The van der Waals surface area contributed by atoms with Gasteiger partial charge in [0.1, 0.15) is 0 Å². The van der Waals surface area contributed by atoms with Crippen LogP contribution in [0.4, 0.5) is 17.8 Å². The SMILES string of the molecule is CC(C)Nc1nc(NCCOCCOCCNC(=O)c2ccccc2)nc(NCc2ccccc2)n1. The zero-order valence-electron chi connectivity index (χ0n) is 20.9. The molecule has 0 aliphatic heterocycles. The molecule has 4 N–H and O–H groups in total. The predicted octanol–water partition coefficient (Wildman–Crippen LogP) is 3.18. The Balaban J connectivity index is 1.31. The Morgan fingerprint density at radius 2 is 1.33 bits per heavy atom. The Morgan fingerprint density at radius 1 is 0.750 bits per heavy atom. The van der Waals surface area contributed by atoms with Crippen LogP contribution in [-0.4, -0.2) is 66.4 Å². The molecule has 1 aromatic heterocycles. The van der Waals surface area contributed by atoms with Crippen LogP contribution < -0.4 is 21.3 Å². The number of ether oxygens (including phenoxy) is 2. The van der Waals surface area contributed by atoms with E-state index in [1.165, 1.54) is 0 Å². The maximum Gasteiger partial charge on any atom is 0.251 e. The van der Waals surface area contributed by atoms with Crippen molar-refractivity contribution in [3.05, 3.63) is 71.8 Å². The van der Waals surface area contributed by atoms with Crippen LogP contribution in [0.3, 0.4) is 0 Å². The highest BCUT2D eigenvalue weighted by molar-refractivity contribution is 5.94. The van der Waals surface area contributed by atoms with Gasteiger partial charge in [-0.15, -0.1) is 0 Å². The van der Waals surface area contributed by atoms with Gasteiger partial charge in [0.05, 0.1) is 26.4 Å². The van der Waals surface area contributed by atoms with E-state index in [-0.39, 0.29) is 11.9 Å². The van der Waals surface area contributed by atoms with E-state index < -0.39 is 0 Å². The van der Waals surface area contributed by atoms with Crippen molar-refractivity contribution < 1.29 is 14.3 Å². The first-order chi connectivity index (χ1) is 17.6. The van der Waals surface area contributed by atoms with Crippen LogP contribution in [0.1, 0.15) is 29.8 Å². The average molecular weight is 494 g/mol. The van der Waals surface area contributed by atoms with Crippen molar-refractivity contribution in [1.29, 1.82) is 0 Å². The van der Waals surface area contributed by atoms with Gasteiger partial charge in [-0.05, 0) is 31.5 Å². The lowest BCUT2D eigenvalue weighted by Gasteiger charge is -2.13. The van der Waals surface area contributed by atoms with Crippen LogP contribution in [0.2, 0.25) is 0 Å². The standard InChI is InChI=1S/C26H35N7O3/c1-20(2)30-26-32-24(31-25(33-26)29-19-21-9-5-3-6-10-21)28-14-16-36-18-17-35-15-13-27-23(34)22-11-7-4-8-12-22/h3-12,20H,13-19H2,1-2H3,(H,27,34)(H3,28,29,30,31,32,33). The minimum Gasteiger partial charge on any atom is -0.377 e. The Kier molecular flexibility index (Phi) is 11.4. The summed E-state index contributed by atoms with van der Waals surface area (Å²) in [5.41, 5.74) is 1.78. The third-order valence-electron chi connectivity index (χ3n) is 4.82. The second-order valence-corrected chi connectivity index (χ2v) is 8.22. The quantitative estimate of drug-likeness (QED) is 0.223. The number of amides is 1. The molecular formula is C26H35N7O3. The highest BCUT2D eigenvalue weighted by atomic mass is 16.5. The fourth-order valence-corrected chi connectivity index (χ4v) is 3.12. The lowest BCUT2D eigenvalue weighted by molar-refractivity contribution is 0.0519. The summed E-state index contributed by atoms with van der Waals surface area (Å²) in [4.78, 5) is 25.3. The van der Waals surface area contributed by atoms with Crippen LogP contribution in [0.25, 0.3) is 0 Å². The number of nitrogens with zero attached hydrogens (tertiary/aromatic N) is 3. The molecule has 0 fully saturated rings. The smallest absolute Gasteiger partial charge is 0.251 e. The van der Waals surface area contributed by atoms with E-state index in [0.717, 1.165) is 5.56 Å². The topological polar surface area (TPSA) is 122 Å². The molecule has 0 saturated carbocycles. The van der Waals surface area contributed by atoms with E-state index >= 15 is 0 Å². The van der Waals surface area contributed by atoms with Gasteiger partial charge in [0.25, 0.3) is 5.91 Å². The third kappa shape index (κ3) is 10.2. The van der Waals surface area contributed by atoms with E-state index in [1.807, 2.05) is 62.4 Å². The fraction of sp³-hybridized carbons (Fsp3) is 0.385. The van der Waals surface area contributed by atoms with Crippen LogP contribution in [-0.2, 0) is 16.0 Å². The molecule has 0 aliphatic rings. The molecule has 3 aromatic rings. The highest BCUT2D eigenvalue weighted by Crippen LogP contribution is 2.11. The van der Waals surface area contributed by atoms with E-state index in [1.54, 1.807) is 12.1 Å². The van der Waals surface area contributed by atoms with E-state index in [2.05, 4.69) is 36.2 Å². The molecule has 0 spiro atoms. The van der Waals surface area contributed by atoms with Crippen molar-refractivity contribution in [3.8, 4) is 0 Å². The van der Waals surface area contributed by atoms with Crippen LogP contribution in [0.5, 0.6) is 0 Å². The Hall–Kier alpha value is -3.76. The summed E-state index contributed by atoms with van der Waals surface area (Å²) in [5.74, 6) is 1.36. The third-order valence-corrected chi connectivity index (χ3v) is 4.82. The second-order valence-electron chi connectivity index (χ2n) is 8.22. The number of aromatic nitrogens is 3. The van der Waals surface area contributed by atoms with Gasteiger partial charge >= 0.3 is 0 Å². The molecule has 0 bridgehead atoms. The Labute approximate surface area is 212 Å². The molecule has 36 heavy (non-hydrogen) atoms. The van der Waals surface area contributed by atoms with E-state index in [9.17, 15) is 4.79 Å². The van der Waals surface area contributed by atoms with E-state index in [0.29, 0.717) is 69.5 Å². The monoisotopic (exact) mass is 493 g/mol. The maximum absolute atomic E-state index is 11.9. The zero-order valence-corrected chi connectivity index (χ0v) is 20.9. The van der Waals surface area contributed by atoms with Gasteiger partial charge < -0.3 is 30.7 Å². The molecule has 2 aromatic carbocycles. The summed E-state index contributed by atoms with van der Waals surface area (Å²) in [6, 6.07) is 19.4. The molecule has 0 unspecified atom stereocenters. The molecule has 0 atom stereocenters. The fourth-order valence-electron chi connectivity index (χ4n) is 3.12. The van der Waals surface area contributed by atoms with Gasteiger partial charge in [0.2, 0.25) is 17.8 Å². The largest absolute Gasteiger partial charge is 0.377 e. The molecule has 0 aliphatic carbocycles. The predicted molar refractivity (Wildman–Crippen MR) is 141 cm³/mol. The Bertz CT molecular complexity index is 1040. The minimum atomic E-state index is -0.106. The Morgan fingerprint density at radius 3 is 2.00 bits per heavy atom. The van der Waals surface area contributed by atoms with Gasteiger partial charge in [-0.3, -0.25) is 4.79 Å². The maximum atomic E-state index is 11.9. The van der Waals surface area contributed by atoms with Crippen molar-refractivity contribution in [2.75, 3.05) is 55.5 Å². The lowest BCUT2D eigenvalue weighted by Crippen LogP contribution is -2.27. The summed E-state index contributed by atoms with van der Waals surface area (Å²) in [5, 5.41) is 12.5. The number of benzene rings is 2. The first-order valence-electron chi connectivity index (χ1n) is 12.1. The van der Waals surface area contributed by atoms with Crippen LogP contribution >= 0.6 is 0 Å². The van der Waals surface area contributed by atoms with Gasteiger partial charge in [-0.1, -0.05) is 48.5 Å². The molecule has 1 heterocycles. The van der Waals surface area contributed by atoms with Gasteiger partial charge in [-0.2, -0.15) is 15.0 Å². The number of hydrogen-bond donors (Lipinski definition) is 4. The molecule has 0 saturated heterocycles. The number of anilines is 3. The van der Waals surface area contributed by atoms with Crippen molar-refractivity contribution >= 4 is 23.8 Å². The summed E-state index contributed by atoms with van der Waals surface area (Å²) in [7, 11) is 0. The zero-order chi connectivity index (χ0) is 25.4. The van der Waals surface area contributed by atoms with Crippen molar-refractivity contribution in [2.24, 2.45) is 0 Å². The second kappa shape index (κ2) is 15.3. The molecular weight excluding hydrogens is 458 g/mol. The first-order valence-corrected chi connectivity index (χ1v) is 12.1. The molecule has 10 heteroatoms. The van der Waals surface area contributed by atoms with Gasteiger partial charge in [0, 0.05) is 31.2 Å². The van der Waals surface area contributed by atoms with Crippen LogP contribution in [0.15, 0.2) is 60.7 Å². The molecule has 0 radical (unpaired) electrons. The van der Waals surface area contributed by atoms with Crippen molar-refractivity contribution in [3.63, 3.8) is 0 Å². The number of hydrogen-bond acceptors (Lipinski definition) is 9. The number of nitrogens with one attached hydrogen (secondary N) is 4. The molecule has 192 valence electrons. The van der Waals surface area contributed by atoms with Crippen LogP contribution in [0, 0.1) is 0 Å². The number of rotatable bonds is 16. The minimum absolute atomic E-state index is 0.106. The van der Waals surface area contributed by atoms with Gasteiger partial charge in [-0.25, -0.2) is 0 Å². The highest BCUT2D eigenvalue weighted by Gasteiger charge is 2.08. The number of carbonyl (C=O) groups excluding carboxylic acids is 1. The summed E-state index contributed by atoms with van der Waals surface area (Å²) >= 11 is 0. The normalized spacial score (nSPS) is 10.8. The molecule has 3 rings (SSSR count). The summed E-state index contributed by atoms with van der Waals surface area (Å²) < 4.78 is 11.1. The van der Waals surface area contributed by atoms with Gasteiger partial charge in [0.15, 0.2) is 0 Å². The number of carbonyl (C=O) groups is 1. The first kappa shape index (κ1) is 26.8. The van der Waals surface area contributed by atoms with Crippen molar-refractivity contribution in [1.82, 2.24) is 20.3 Å². The van der Waals surface area contributed by atoms with E-state index in [4.69, 9.17) is 9.47 Å². The summed E-state index contributed by atoms with van der Waals surface area (Å²) in [6.45, 7) is 7.46. The summed E-state index contributed by atoms with van der Waals surface area (Å²) in [6.07, 6.45) is 0. The lowest BCUT2D eigenvalue weighted by atomic mass is 10.2. The molecule has 1 amide bonds. The molecule has 10 nitrogen and oxygen atoms in total. The average Bonchev–Trinajstić information content (AvgIpc) is 2.89.